The molecule has 1 amide bonds. The zero-order chi connectivity index (χ0) is 17.6. The van der Waals surface area contributed by atoms with Crippen molar-refractivity contribution in [1.82, 2.24) is 14.5 Å². The van der Waals surface area contributed by atoms with Crippen LogP contribution < -0.4 is 4.90 Å². The summed E-state index contributed by atoms with van der Waals surface area (Å²) in [5.74, 6) is 0.528. The highest BCUT2D eigenvalue weighted by Gasteiger charge is 2.25. The minimum Gasteiger partial charge on any atom is -0.443 e. The van der Waals surface area contributed by atoms with Gasteiger partial charge < -0.3 is 9.30 Å². The van der Waals surface area contributed by atoms with E-state index in [1.165, 1.54) is 10.5 Å². The number of aryl methyl sites for hydroxylation is 2. The predicted molar refractivity (Wildman–Crippen MR) is 97.9 cm³/mol. The molecule has 0 unspecified atom stereocenters. The van der Waals surface area contributed by atoms with Gasteiger partial charge >= 0.3 is 6.09 Å². The highest BCUT2D eigenvalue weighted by molar-refractivity contribution is 7.18. The van der Waals surface area contributed by atoms with E-state index in [2.05, 4.69) is 17.3 Å². The second kappa shape index (κ2) is 5.73. The van der Waals surface area contributed by atoms with E-state index in [-0.39, 0.29) is 0 Å². The minimum atomic E-state index is -0.560. The van der Waals surface area contributed by atoms with Gasteiger partial charge in [0.2, 0.25) is 0 Å². The van der Waals surface area contributed by atoms with E-state index < -0.39 is 11.7 Å². The summed E-state index contributed by atoms with van der Waals surface area (Å²) in [6.07, 6.45) is 2.21. The lowest BCUT2D eigenvalue weighted by molar-refractivity contribution is 0.0589. The van der Waals surface area contributed by atoms with Crippen molar-refractivity contribution in [3.63, 3.8) is 0 Å². The Morgan fingerprint density at radius 3 is 2.71 bits per heavy atom. The maximum atomic E-state index is 12.5. The highest BCUT2D eigenvalue weighted by Crippen LogP contribution is 2.35. The molecule has 24 heavy (non-hydrogen) atoms. The van der Waals surface area contributed by atoms with Crippen LogP contribution in [0.25, 0.3) is 21.3 Å². The number of amides is 1. The molecule has 0 aliphatic rings. The molecule has 0 fully saturated rings. The lowest BCUT2D eigenvalue weighted by atomic mass is 10.2. The Morgan fingerprint density at radius 1 is 1.38 bits per heavy atom. The quantitative estimate of drug-likeness (QED) is 0.700. The number of hydrogen-bond donors (Lipinski definition) is 0. The monoisotopic (exact) mass is 346 g/mol. The van der Waals surface area contributed by atoms with Crippen molar-refractivity contribution < 1.29 is 9.53 Å². The average Bonchev–Trinajstić information content (AvgIpc) is 3.07. The van der Waals surface area contributed by atoms with Gasteiger partial charge in [0.15, 0.2) is 5.82 Å². The number of anilines is 1. The predicted octanol–water partition coefficient (Wildman–Crippen LogP) is 4.12. The van der Waals surface area contributed by atoms with Gasteiger partial charge in [-0.25, -0.2) is 14.8 Å². The Labute approximate surface area is 145 Å². The minimum absolute atomic E-state index is 0.436. The number of carbonyl (C=O) groups excluding carboxylic acids is 1. The van der Waals surface area contributed by atoms with Gasteiger partial charge in [-0.15, -0.1) is 11.3 Å². The number of carbonyl (C=O) groups is 1. The number of nitrogens with zero attached hydrogens (tertiary/aromatic N) is 4. The summed E-state index contributed by atoms with van der Waals surface area (Å²) in [6, 6.07) is 0. The number of hydrogen-bond acceptors (Lipinski definition) is 5. The van der Waals surface area contributed by atoms with Gasteiger partial charge in [-0.1, -0.05) is 6.92 Å². The van der Waals surface area contributed by atoms with E-state index in [1.807, 2.05) is 32.4 Å². The smallest absolute Gasteiger partial charge is 0.415 e. The van der Waals surface area contributed by atoms with E-state index in [0.29, 0.717) is 11.3 Å². The third-order valence-electron chi connectivity index (χ3n) is 3.79. The summed E-state index contributed by atoms with van der Waals surface area (Å²) in [4.78, 5) is 23.1. The van der Waals surface area contributed by atoms with Crippen molar-refractivity contribution in [2.24, 2.45) is 7.05 Å². The van der Waals surface area contributed by atoms with Gasteiger partial charge in [-0.2, -0.15) is 0 Å². The maximum Gasteiger partial charge on any atom is 0.415 e. The van der Waals surface area contributed by atoms with Gasteiger partial charge in [-0.3, -0.25) is 4.90 Å². The SMILES string of the molecule is CCc1csc2c1nc(N(C)C(=O)OC(C)(C)C)c1ncn(C)c12. The molecule has 0 saturated carbocycles. The fourth-order valence-corrected chi connectivity index (χ4v) is 3.78. The first kappa shape index (κ1) is 16.7. The Morgan fingerprint density at radius 2 is 2.08 bits per heavy atom. The Kier molecular flexibility index (Phi) is 3.99. The molecule has 7 heteroatoms. The van der Waals surface area contributed by atoms with Crippen molar-refractivity contribution in [3.05, 3.63) is 17.3 Å². The molecule has 3 heterocycles. The molecule has 0 saturated heterocycles. The van der Waals surface area contributed by atoms with Crippen LogP contribution >= 0.6 is 11.3 Å². The summed E-state index contributed by atoms with van der Waals surface area (Å²) in [6.45, 7) is 7.65. The molecular formula is C17H22N4O2S. The number of rotatable bonds is 2. The van der Waals surface area contributed by atoms with Crippen LogP contribution in [0.2, 0.25) is 0 Å². The summed E-state index contributed by atoms with van der Waals surface area (Å²) in [5.41, 5.74) is 3.26. The molecule has 0 aliphatic heterocycles. The maximum absolute atomic E-state index is 12.5. The third kappa shape index (κ3) is 2.73. The van der Waals surface area contributed by atoms with Crippen molar-refractivity contribution in [1.29, 1.82) is 0 Å². The van der Waals surface area contributed by atoms with Gasteiger partial charge in [0.1, 0.15) is 11.1 Å². The van der Waals surface area contributed by atoms with Crippen LogP contribution in [-0.4, -0.2) is 33.3 Å². The van der Waals surface area contributed by atoms with Crippen LogP contribution in [0.5, 0.6) is 0 Å². The zero-order valence-corrected chi connectivity index (χ0v) is 15.7. The van der Waals surface area contributed by atoms with Crippen molar-refractivity contribution in [2.45, 2.75) is 39.7 Å². The fraction of sp³-hybridized carbons (Fsp3) is 0.471. The summed E-state index contributed by atoms with van der Waals surface area (Å²) < 4.78 is 8.55. The van der Waals surface area contributed by atoms with E-state index >= 15 is 0 Å². The Hall–Kier alpha value is -2.15. The van der Waals surface area contributed by atoms with Crippen LogP contribution in [-0.2, 0) is 18.2 Å². The average molecular weight is 346 g/mol. The molecule has 6 nitrogen and oxygen atoms in total. The molecule has 0 spiro atoms. The van der Waals surface area contributed by atoms with E-state index in [0.717, 1.165) is 22.2 Å². The first-order chi connectivity index (χ1) is 11.2. The fourth-order valence-electron chi connectivity index (χ4n) is 2.60. The zero-order valence-electron chi connectivity index (χ0n) is 14.9. The molecule has 0 aliphatic carbocycles. The second-order valence-electron chi connectivity index (χ2n) is 6.82. The van der Waals surface area contributed by atoms with Crippen molar-refractivity contribution in [3.8, 4) is 0 Å². The van der Waals surface area contributed by atoms with Gasteiger partial charge in [-0.05, 0) is 38.1 Å². The molecule has 128 valence electrons. The van der Waals surface area contributed by atoms with Crippen LogP contribution in [0.15, 0.2) is 11.7 Å². The largest absolute Gasteiger partial charge is 0.443 e. The van der Waals surface area contributed by atoms with Crippen LogP contribution in [0, 0.1) is 0 Å². The van der Waals surface area contributed by atoms with E-state index in [4.69, 9.17) is 9.72 Å². The topological polar surface area (TPSA) is 60.3 Å². The molecule has 0 atom stereocenters. The van der Waals surface area contributed by atoms with Gasteiger partial charge in [0, 0.05) is 14.1 Å². The normalized spacial score (nSPS) is 12.1. The van der Waals surface area contributed by atoms with Gasteiger partial charge in [0.05, 0.1) is 22.1 Å². The Bertz CT molecular complexity index is 920. The molecule has 3 aromatic heterocycles. The molecule has 0 bridgehead atoms. The van der Waals surface area contributed by atoms with Crippen LogP contribution in [0.1, 0.15) is 33.3 Å². The van der Waals surface area contributed by atoms with Crippen molar-refractivity contribution in [2.75, 3.05) is 11.9 Å². The summed E-state index contributed by atoms with van der Waals surface area (Å²) in [5, 5.41) is 2.13. The van der Waals surface area contributed by atoms with Crippen LogP contribution in [0.4, 0.5) is 10.6 Å². The highest BCUT2D eigenvalue weighted by atomic mass is 32.1. The molecule has 3 aromatic rings. The van der Waals surface area contributed by atoms with E-state index in [1.54, 1.807) is 24.7 Å². The third-order valence-corrected chi connectivity index (χ3v) is 4.81. The lowest BCUT2D eigenvalue weighted by Crippen LogP contribution is -2.34. The number of ether oxygens (including phenoxy) is 1. The number of imidazole rings is 1. The first-order valence-electron chi connectivity index (χ1n) is 7.90. The first-order valence-corrected chi connectivity index (χ1v) is 8.78. The number of thiophene rings is 1. The molecule has 0 N–H and O–H groups in total. The molecule has 0 radical (unpaired) electrons. The standard InChI is InChI=1S/C17H22N4O2S/c1-7-10-8-24-14-11(10)19-15(12-13(14)20(5)9-18-12)21(6)16(22)23-17(2,3)4/h8-9H,7H2,1-6H3. The molecular weight excluding hydrogens is 324 g/mol. The molecule has 0 aromatic carbocycles. The number of fused-ring (bicyclic) bond motifs is 3. The number of aromatic nitrogens is 3. The van der Waals surface area contributed by atoms with Crippen molar-refractivity contribution >= 4 is 44.5 Å². The Balaban J connectivity index is 2.20. The second-order valence-corrected chi connectivity index (χ2v) is 7.70. The van der Waals surface area contributed by atoms with Gasteiger partial charge in [0.25, 0.3) is 0 Å². The summed E-state index contributed by atoms with van der Waals surface area (Å²) >= 11 is 1.67. The number of pyridine rings is 1. The van der Waals surface area contributed by atoms with Crippen LogP contribution in [0.3, 0.4) is 0 Å². The van der Waals surface area contributed by atoms with E-state index in [9.17, 15) is 4.79 Å². The molecule has 3 rings (SSSR count). The summed E-state index contributed by atoms with van der Waals surface area (Å²) in [7, 11) is 3.63. The lowest BCUT2D eigenvalue weighted by Gasteiger charge is -2.24.